The molecular formula is C15H19N3O3. The molecule has 0 fully saturated rings. The normalized spacial score (nSPS) is 10.6. The Balaban J connectivity index is 2.07. The van der Waals surface area contributed by atoms with Crippen molar-refractivity contribution in [3.8, 4) is 0 Å². The molecule has 1 aromatic carbocycles. The van der Waals surface area contributed by atoms with Gasteiger partial charge in [0.2, 0.25) is 11.8 Å². The first-order valence-electron chi connectivity index (χ1n) is 7.03. The highest BCUT2D eigenvalue weighted by Crippen LogP contribution is 2.18. The zero-order chi connectivity index (χ0) is 15.2. The lowest BCUT2D eigenvalue weighted by molar-refractivity contribution is -0.135. The number of benzene rings is 1. The highest BCUT2D eigenvalue weighted by atomic mass is 16.5. The van der Waals surface area contributed by atoms with Crippen LogP contribution in [0.5, 0.6) is 0 Å². The Morgan fingerprint density at radius 3 is 2.76 bits per heavy atom. The summed E-state index contributed by atoms with van der Waals surface area (Å²) in [7, 11) is 0. The maximum atomic E-state index is 12.3. The van der Waals surface area contributed by atoms with Gasteiger partial charge >= 0.3 is 0 Å². The minimum absolute atomic E-state index is 0.0684. The molecule has 2 aromatic rings. The zero-order valence-electron chi connectivity index (χ0n) is 12.3. The first-order chi connectivity index (χ1) is 10.2. The van der Waals surface area contributed by atoms with Crippen LogP contribution in [-0.4, -0.2) is 41.5 Å². The van der Waals surface area contributed by atoms with Crippen LogP contribution in [0.1, 0.15) is 19.5 Å². The molecule has 6 nitrogen and oxygen atoms in total. The van der Waals surface area contributed by atoms with Gasteiger partial charge in [-0.05, 0) is 26.0 Å². The summed E-state index contributed by atoms with van der Waals surface area (Å²) in [6, 6.07) is 7.41. The molecule has 0 atom stereocenters. The SMILES string of the molecule is CCNC(=O)CN(CC)C(=O)Cc1noc2ccccc12. The largest absolute Gasteiger partial charge is 0.356 e. The summed E-state index contributed by atoms with van der Waals surface area (Å²) < 4.78 is 5.18. The van der Waals surface area contributed by atoms with Crippen LogP contribution >= 0.6 is 0 Å². The molecular weight excluding hydrogens is 270 g/mol. The molecule has 2 amide bonds. The fraction of sp³-hybridized carbons (Fsp3) is 0.400. The molecule has 0 aliphatic heterocycles. The summed E-state index contributed by atoms with van der Waals surface area (Å²) in [6.45, 7) is 4.79. The second-order valence-electron chi connectivity index (χ2n) is 4.66. The molecule has 0 saturated carbocycles. The molecule has 0 aliphatic rings. The molecule has 6 heteroatoms. The monoisotopic (exact) mass is 289 g/mol. The molecule has 0 spiro atoms. The van der Waals surface area contributed by atoms with Gasteiger partial charge in [0.25, 0.3) is 0 Å². The van der Waals surface area contributed by atoms with Gasteiger partial charge in [0.15, 0.2) is 5.58 Å². The van der Waals surface area contributed by atoms with Crippen LogP contribution in [-0.2, 0) is 16.0 Å². The molecule has 0 radical (unpaired) electrons. The first-order valence-corrected chi connectivity index (χ1v) is 7.03. The number of amides is 2. The van der Waals surface area contributed by atoms with E-state index in [0.29, 0.717) is 24.4 Å². The molecule has 2 rings (SSSR count). The molecule has 0 saturated heterocycles. The van der Waals surface area contributed by atoms with E-state index in [9.17, 15) is 9.59 Å². The maximum Gasteiger partial charge on any atom is 0.239 e. The van der Waals surface area contributed by atoms with Gasteiger partial charge < -0.3 is 14.7 Å². The smallest absolute Gasteiger partial charge is 0.239 e. The standard InChI is InChI=1S/C15H19N3O3/c1-3-16-14(19)10-18(4-2)15(20)9-12-11-7-5-6-8-13(11)21-17-12/h5-8H,3-4,9-10H2,1-2H3,(H,16,19). The van der Waals surface area contributed by atoms with Crippen molar-refractivity contribution >= 4 is 22.8 Å². The first kappa shape index (κ1) is 15.0. The predicted molar refractivity (Wildman–Crippen MR) is 78.7 cm³/mol. The maximum absolute atomic E-state index is 12.3. The molecule has 1 heterocycles. The van der Waals surface area contributed by atoms with Gasteiger partial charge in [-0.2, -0.15) is 0 Å². The third kappa shape index (κ3) is 3.59. The lowest BCUT2D eigenvalue weighted by Crippen LogP contribution is -2.41. The highest BCUT2D eigenvalue weighted by Gasteiger charge is 2.18. The van der Waals surface area contributed by atoms with E-state index < -0.39 is 0 Å². The van der Waals surface area contributed by atoms with Crippen molar-refractivity contribution in [3.05, 3.63) is 30.0 Å². The number of aromatic nitrogens is 1. The van der Waals surface area contributed by atoms with Gasteiger partial charge in [-0.25, -0.2) is 0 Å². The quantitative estimate of drug-likeness (QED) is 0.871. The lowest BCUT2D eigenvalue weighted by Gasteiger charge is -2.19. The van der Waals surface area contributed by atoms with E-state index in [-0.39, 0.29) is 24.8 Å². The van der Waals surface area contributed by atoms with E-state index >= 15 is 0 Å². The van der Waals surface area contributed by atoms with Crippen molar-refractivity contribution in [2.24, 2.45) is 0 Å². The lowest BCUT2D eigenvalue weighted by atomic mass is 10.1. The third-order valence-corrected chi connectivity index (χ3v) is 3.21. The Bertz CT molecular complexity index is 636. The number of para-hydroxylation sites is 1. The number of carbonyl (C=O) groups is 2. The predicted octanol–water partition coefficient (Wildman–Crippen LogP) is 1.35. The molecule has 1 N–H and O–H groups in total. The Morgan fingerprint density at radius 1 is 1.29 bits per heavy atom. The molecule has 21 heavy (non-hydrogen) atoms. The van der Waals surface area contributed by atoms with Gasteiger partial charge in [0.05, 0.1) is 13.0 Å². The van der Waals surface area contributed by atoms with Crippen molar-refractivity contribution in [2.75, 3.05) is 19.6 Å². The highest BCUT2D eigenvalue weighted by molar-refractivity contribution is 5.89. The summed E-state index contributed by atoms with van der Waals surface area (Å²) in [6.07, 6.45) is 0.129. The molecule has 0 unspecified atom stereocenters. The topological polar surface area (TPSA) is 75.4 Å². The molecule has 0 aliphatic carbocycles. The van der Waals surface area contributed by atoms with Gasteiger partial charge in [0, 0.05) is 18.5 Å². The number of hydrogen-bond acceptors (Lipinski definition) is 4. The summed E-state index contributed by atoms with van der Waals surface area (Å²) in [5.41, 5.74) is 1.26. The van der Waals surface area contributed by atoms with E-state index in [4.69, 9.17) is 4.52 Å². The Labute approximate surface area is 123 Å². The zero-order valence-corrected chi connectivity index (χ0v) is 12.3. The van der Waals surface area contributed by atoms with Crippen LogP contribution < -0.4 is 5.32 Å². The van der Waals surface area contributed by atoms with Crippen molar-refractivity contribution in [2.45, 2.75) is 20.3 Å². The minimum Gasteiger partial charge on any atom is -0.356 e. The van der Waals surface area contributed by atoms with Crippen molar-refractivity contribution < 1.29 is 14.1 Å². The van der Waals surface area contributed by atoms with Gasteiger partial charge in [-0.1, -0.05) is 17.3 Å². The number of fused-ring (bicyclic) bond motifs is 1. The summed E-state index contributed by atoms with van der Waals surface area (Å²) in [5, 5.41) is 7.46. The summed E-state index contributed by atoms with van der Waals surface area (Å²) in [5.74, 6) is -0.291. The van der Waals surface area contributed by atoms with E-state index in [2.05, 4.69) is 10.5 Å². The van der Waals surface area contributed by atoms with Crippen LogP contribution in [0, 0.1) is 0 Å². The van der Waals surface area contributed by atoms with Crippen molar-refractivity contribution in [1.82, 2.24) is 15.4 Å². The number of rotatable bonds is 6. The van der Waals surface area contributed by atoms with E-state index in [1.807, 2.05) is 38.1 Å². The minimum atomic E-state index is -0.155. The third-order valence-electron chi connectivity index (χ3n) is 3.21. The van der Waals surface area contributed by atoms with Crippen molar-refractivity contribution in [1.29, 1.82) is 0 Å². The van der Waals surface area contributed by atoms with Gasteiger partial charge in [-0.15, -0.1) is 0 Å². The van der Waals surface area contributed by atoms with Crippen LogP contribution in [0.25, 0.3) is 11.0 Å². The fourth-order valence-electron chi connectivity index (χ4n) is 2.12. The molecule has 1 aromatic heterocycles. The second kappa shape index (κ2) is 6.88. The van der Waals surface area contributed by atoms with E-state index in [0.717, 1.165) is 5.39 Å². The van der Waals surface area contributed by atoms with Crippen LogP contribution in [0.3, 0.4) is 0 Å². The number of hydrogen-bond donors (Lipinski definition) is 1. The average molecular weight is 289 g/mol. The summed E-state index contributed by atoms with van der Waals surface area (Å²) in [4.78, 5) is 25.4. The average Bonchev–Trinajstić information content (AvgIpc) is 2.88. The molecule has 112 valence electrons. The Hall–Kier alpha value is -2.37. The molecule has 0 bridgehead atoms. The number of nitrogens with one attached hydrogen (secondary N) is 1. The van der Waals surface area contributed by atoms with Crippen LogP contribution in [0.15, 0.2) is 28.8 Å². The number of carbonyl (C=O) groups excluding carboxylic acids is 2. The van der Waals surface area contributed by atoms with Crippen LogP contribution in [0.4, 0.5) is 0 Å². The van der Waals surface area contributed by atoms with Gasteiger partial charge in [-0.3, -0.25) is 9.59 Å². The Kier molecular flexibility index (Phi) is 4.92. The number of likely N-dealkylation sites (N-methyl/N-ethyl adjacent to an activating group) is 2. The summed E-state index contributed by atoms with van der Waals surface area (Å²) >= 11 is 0. The van der Waals surface area contributed by atoms with E-state index in [1.165, 1.54) is 4.90 Å². The van der Waals surface area contributed by atoms with E-state index in [1.54, 1.807) is 0 Å². The second-order valence-corrected chi connectivity index (χ2v) is 4.66. The Morgan fingerprint density at radius 2 is 2.05 bits per heavy atom. The van der Waals surface area contributed by atoms with Gasteiger partial charge in [0.1, 0.15) is 5.69 Å². The van der Waals surface area contributed by atoms with Crippen molar-refractivity contribution in [3.63, 3.8) is 0 Å². The van der Waals surface area contributed by atoms with Crippen LogP contribution in [0.2, 0.25) is 0 Å². The fourth-order valence-corrected chi connectivity index (χ4v) is 2.12. The number of nitrogens with zero attached hydrogens (tertiary/aromatic N) is 2.